The molecule has 0 unspecified atom stereocenters. The first-order chi connectivity index (χ1) is 9.87. The van der Waals surface area contributed by atoms with Crippen LogP contribution < -0.4 is 11.0 Å². The van der Waals surface area contributed by atoms with Crippen molar-refractivity contribution in [3.63, 3.8) is 0 Å². The van der Waals surface area contributed by atoms with Crippen LogP contribution in [0.1, 0.15) is 41.7 Å². The number of H-pyrrole nitrogens is 1. The van der Waals surface area contributed by atoms with E-state index in [2.05, 4.69) is 15.3 Å². The SMILES string of the molecule is CSc1nc(=O)[nH]c(C)c1C(=O)NC1(CC(=O)O)CCC1. The van der Waals surface area contributed by atoms with Gasteiger partial charge in [-0.3, -0.25) is 9.59 Å². The highest BCUT2D eigenvalue weighted by molar-refractivity contribution is 7.98. The molecular formula is C13H17N3O4S. The van der Waals surface area contributed by atoms with Crippen molar-refractivity contribution in [2.75, 3.05) is 6.26 Å². The summed E-state index contributed by atoms with van der Waals surface area (Å²) in [4.78, 5) is 41.0. The number of hydrogen-bond acceptors (Lipinski definition) is 5. The van der Waals surface area contributed by atoms with Crippen LogP contribution in [0, 0.1) is 6.92 Å². The molecule has 114 valence electrons. The van der Waals surface area contributed by atoms with E-state index >= 15 is 0 Å². The van der Waals surface area contributed by atoms with Crippen LogP contribution in [0.15, 0.2) is 9.82 Å². The van der Waals surface area contributed by atoms with Gasteiger partial charge in [0.25, 0.3) is 5.91 Å². The smallest absolute Gasteiger partial charge is 0.346 e. The van der Waals surface area contributed by atoms with E-state index in [1.165, 1.54) is 11.8 Å². The summed E-state index contributed by atoms with van der Waals surface area (Å²) < 4.78 is 0. The Morgan fingerprint density at radius 3 is 2.62 bits per heavy atom. The molecule has 1 aliphatic rings. The minimum atomic E-state index is -0.934. The number of carboxylic acids is 1. The summed E-state index contributed by atoms with van der Waals surface area (Å²) in [6.45, 7) is 1.63. The Kier molecular flexibility index (Phi) is 4.36. The molecule has 0 radical (unpaired) electrons. The lowest BCUT2D eigenvalue weighted by molar-refractivity contribution is -0.139. The van der Waals surface area contributed by atoms with Gasteiger partial charge in [-0.2, -0.15) is 4.98 Å². The molecule has 1 aliphatic carbocycles. The summed E-state index contributed by atoms with van der Waals surface area (Å²) in [5.74, 6) is -1.32. The number of thioether (sulfide) groups is 1. The first-order valence-electron chi connectivity index (χ1n) is 6.56. The lowest BCUT2D eigenvalue weighted by Crippen LogP contribution is -2.55. The molecule has 1 heterocycles. The summed E-state index contributed by atoms with van der Waals surface area (Å²) in [6, 6.07) is 0. The van der Waals surface area contributed by atoms with Gasteiger partial charge in [0.2, 0.25) is 0 Å². The first kappa shape index (κ1) is 15.6. The second-order valence-electron chi connectivity index (χ2n) is 5.21. The largest absolute Gasteiger partial charge is 0.481 e. The van der Waals surface area contributed by atoms with Crippen LogP contribution in [0.2, 0.25) is 0 Å². The molecule has 8 heteroatoms. The minimum Gasteiger partial charge on any atom is -0.481 e. The third-order valence-corrected chi connectivity index (χ3v) is 4.37. The van der Waals surface area contributed by atoms with Crippen molar-refractivity contribution in [3.8, 4) is 0 Å². The Bertz CT molecular complexity index is 637. The molecule has 21 heavy (non-hydrogen) atoms. The van der Waals surface area contributed by atoms with Gasteiger partial charge in [-0.15, -0.1) is 11.8 Å². The highest BCUT2D eigenvalue weighted by Gasteiger charge is 2.41. The predicted octanol–water partition coefficient (Wildman–Crippen LogP) is 0.927. The van der Waals surface area contributed by atoms with E-state index in [0.29, 0.717) is 29.1 Å². The fraction of sp³-hybridized carbons (Fsp3) is 0.538. The van der Waals surface area contributed by atoms with Crippen LogP contribution in [0.3, 0.4) is 0 Å². The first-order valence-corrected chi connectivity index (χ1v) is 7.78. The second kappa shape index (κ2) is 5.88. The van der Waals surface area contributed by atoms with E-state index in [-0.39, 0.29) is 12.3 Å². The Labute approximate surface area is 125 Å². The molecule has 1 fully saturated rings. The van der Waals surface area contributed by atoms with E-state index in [0.717, 1.165) is 6.42 Å². The van der Waals surface area contributed by atoms with Gasteiger partial charge in [0.05, 0.1) is 17.5 Å². The summed E-state index contributed by atoms with van der Waals surface area (Å²) in [5.41, 5.74) is -0.445. The van der Waals surface area contributed by atoms with E-state index in [4.69, 9.17) is 5.11 Å². The molecule has 1 saturated carbocycles. The summed E-state index contributed by atoms with van der Waals surface area (Å²) in [7, 11) is 0. The van der Waals surface area contributed by atoms with Crippen LogP contribution in [-0.4, -0.2) is 38.7 Å². The monoisotopic (exact) mass is 311 g/mol. The molecule has 0 aliphatic heterocycles. The zero-order chi connectivity index (χ0) is 15.6. The van der Waals surface area contributed by atoms with Gasteiger partial charge in [-0.1, -0.05) is 0 Å². The Morgan fingerprint density at radius 1 is 1.48 bits per heavy atom. The number of carboxylic acid groups (broad SMARTS) is 1. The van der Waals surface area contributed by atoms with Crippen LogP contribution in [0.4, 0.5) is 0 Å². The molecule has 0 atom stereocenters. The maximum Gasteiger partial charge on any atom is 0.346 e. The standard InChI is InChI=1S/C13H17N3O4S/c1-7-9(11(21-2)15-12(20)14-7)10(19)16-13(4-3-5-13)6-8(17)18/h3-6H2,1-2H3,(H,16,19)(H,17,18)(H,14,15,20). The summed E-state index contributed by atoms with van der Waals surface area (Å²) in [6.07, 6.45) is 3.83. The van der Waals surface area contributed by atoms with Gasteiger partial charge in [0.15, 0.2) is 0 Å². The number of hydrogen-bond donors (Lipinski definition) is 3. The predicted molar refractivity (Wildman–Crippen MR) is 77.7 cm³/mol. The molecule has 1 amide bonds. The zero-order valence-corrected chi connectivity index (χ0v) is 12.7. The number of amides is 1. The molecule has 0 saturated heterocycles. The van der Waals surface area contributed by atoms with E-state index in [1.807, 2.05) is 0 Å². The Hall–Kier alpha value is -1.83. The van der Waals surface area contributed by atoms with Crippen molar-refractivity contribution >= 4 is 23.6 Å². The number of aryl methyl sites for hydroxylation is 1. The molecule has 3 N–H and O–H groups in total. The quantitative estimate of drug-likeness (QED) is 0.551. The summed E-state index contributed by atoms with van der Waals surface area (Å²) in [5, 5.41) is 12.1. The minimum absolute atomic E-state index is 0.0941. The number of aromatic amines is 1. The maximum atomic E-state index is 12.5. The number of nitrogens with zero attached hydrogens (tertiary/aromatic N) is 1. The highest BCUT2D eigenvalue weighted by Crippen LogP contribution is 2.35. The van der Waals surface area contributed by atoms with Crippen molar-refractivity contribution in [3.05, 3.63) is 21.7 Å². The molecule has 0 bridgehead atoms. The normalized spacial score (nSPS) is 16.1. The number of rotatable bonds is 5. The average molecular weight is 311 g/mol. The average Bonchev–Trinajstić information content (AvgIpc) is 2.34. The van der Waals surface area contributed by atoms with Gasteiger partial charge < -0.3 is 15.4 Å². The van der Waals surface area contributed by atoms with Crippen molar-refractivity contribution in [1.29, 1.82) is 0 Å². The van der Waals surface area contributed by atoms with Crippen LogP contribution >= 0.6 is 11.8 Å². The van der Waals surface area contributed by atoms with Gasteiger partial charge in [-0.25, -0.2) is 4.79 Å². The zero-order valence-electron chi connectivity index (χ0n) is 11.9. The van der Waals surface area contributed by atoms with Crippen molar-refractivity contribution in [1.82, 2.24) is 15.3 Å². The van der Waals surface area contributed by atoms with E-state index in [1.54, 1.807) is 13.2 Å². The van der Waals surface area contributed by atoms with Crippen molar-refractivity contribution in [2.24, 2.45) is 0 Å². The molecule has 7 nitrogen and oxygen atoms in total. The highest BCUT2D eigenvalue weighted by atomic mass is 32.2. The molecular weight excluding hydrogens is 294 g/mol. The van der Waals surface area contributed by atoms with Gasteiger partial charge in [-0.05, 0) is 32.4 Å². The van der Waals surface area contributed by atoms with E-state index in [9.17, 15) is 14.4 Å². The third kappa shape index (κ3) is 3.26. The van der Waals surface area contributed by atoms with Gasteiger partial charge in [0, 0.05) is 5.69 Å². The molecule has 1 aromatic heterocycles. The maximum absolute atomic E-state index is 12.5. The molecule has 1 aromatic rings. The van der Waals surface area contributed by atoms with Crippen molar-refractivity contribution in [2.45, 2.75) is 43.2 Å². The number of carbonyl (C=O) groups is 2. The van der Waals surface area contributed by atoms with Crippen molar-refractivity contribution < 1.29 is 14.7 Å². The fourth-order valence-electron chi connectivity index (χ4n) is 2.52. The summed E-state index contributed by atoms with van der Waals surface area (Å²) >= 11 is 1.21. The second-order valence-corrected chi connectivity index (χ2v) is 6.00. The van der Waals surface area contributed by atoms with E-state index < -0.39 is 17.2 Å². The van der Waals surface area contributed by atoms with Crippen LogP contribution in [-0.2, 0) is 4.79 Å². The number of carbonyl (C=O) groups excluding carboxylic acids is 1. The topological polar surface area (TPSA) is 112 Å². The lowest BCUT2D eigenvalue weighted by atomic mass is 9.74. The fourth-order valence-corrected chi connectivity index (χ4v) is 3.14. The number of aliphatic carboxylic acids is 1. The Balaban J connectivity index is 2.28. The van der Waals surface area contributed by atoms with Gasteiger partial charge >= 0.3 is 11.7 Å². The third-order valence-electron chi connectivity index (χ3n) is 3.69. The molecule has 0 spiro atoms. The number of nitrogens with one attached hydrogen (secondary N) is 2. The molecule has 0 aromatic carbocycles. The van der Waals surface area contributed by atoms with Gasteiger partial charge in [0.1, 0.15) is 5.03 Å². The molecule has 2 rings (SSSR count). The van der Waals surface area contributed by atoms with Crippen LogP contribution in [0.5, 0.6) is 0 Å². The van der Waals surface area contributed by atoms with Crippen LogP contribution in [0.25, 0.3) is 0 Å². The lowest BCUT2D eigenvalue weighted by Gasteiger charge is -2.41. The Morgan fingerprint density at radius 2 is 2.14 bits per heavy atom. The number of aromatic nitrogens is 2.